The van der Waals surface area contributed by atoms with Gasteiger partial charge in [0.05, 0.1) is 0 Å². The van der Waals surface area contributed by atoms with Crippen molar-refractivity contribution in [3.8, 4) is 0 Å². The Morgan fingerprint density at radius 2 is 1.93 bits per heavy atom. The minimum atomic E-state index is 0.736. The van der Waals surface area contributed by atoms with E-state index in [9.17, 15) is 0 Å². The predicted molar refractivity (Wildman–Crippen MR) is 66.1 cm³/mol. The summed E-state index contributed by atoms with van der Waals surface area (Å²) in [6.07, 6.45) is 8.04. The van der Waals surface area contributed by atoms with Crippen molar-refractivity contribution < 1.29 is 0 Å². The van der Waals surface area contributed by atoms with E-state index in [0.29, 0.717) is 0 Å². The number of hydrogen-bond acceptors (Lipinski definition) is 1. The van der Waals surface area contributed by atoms with Gasteiger partial charge in [0.1, 0.15) is 0 Å². The highest BCUT2D eigenvalue weighted by Crippen LogP contribution is 2.29. The van der Waals surface area contributed by atoms with Gasteiger partial charge in [0.25, 0.3) is 0 Å². The summed E-state index contributed by atoms with van der Waals surface area (Å²) in [5, 5.41) is 0.736. The molecule has 0 atom stereocenters. The van der Waals surface area contributed by atoms with Crippen molar-refractivity contribution in [3.05, 3.63) is 28.8 Å². The first-order chi connectivity index (χ1) is 7.25. The third-order valence-corrected chi connectivity index (χ3v) is 3.58. The summed E-state index contributed by atoms with van der Waals surface area (Å²) in [5.41, 5.74) is 8.08. The summed E-state index contributed by atoms with van der Waals surface area (Å²) in [5.74, 6) is 0.835. The fraction of sp³-hybridized carbons (Fsp3) is 0.538. The molecule has 0 aromatic heterocycles. The smallest absolute Gasteiger partial charge is 0.0426 e. The minimum Gasteiger partial charge on any atom is -0.398 e. The van der Waals surface area contributed by atoms with Crippen molar-refractivity contribution >= 4 is 17.3 Å². The van der Waals surface area contributed by atoms with E-state index in [2.05, 4.69) is 6.07 Å². The molecule has 1 aromatic carbocycles. The van der Waals surface area contributed by atoms with Crippen LogP contribution in [0.3, 0.4) is 0 Å². The van der Waals surface area contributed by atoms with E-state index in [1.54, 1.807) is 0 Å². The Kier molecular flexibility index (Phi) is 3.53. The molecule has 82 valence electrons. The van der Waals surface area contributed by atoms with E-state index in [4.69, 9.17) is 17.3 Å². The van der Waals surface area contributed by atoms with E-state index < -0.39 is 0 Å². The Balaban J connectivity index is 2.03. The molecule has 0 bridgehead atoms. The second-order valence-electron chi connectivity index (χ2n) is 4.55. The second kappa shape index (κ2) is 4.89. The zero-order valence-corrected chi connectivity index (χ0v) is 9.76. The highest BCUT2D eigenvalue weighted by molar-refractivity contribution is 6.30. The summed E-state index contributed by atoms with van der Waals surface area (Å²) in [7, 11) is 0. The summed E-state index contributed by atoms with van der Waals surface area (Å²) in [6, 6.07) is 5.88. The Bertz CT molecular complexity index is 329. The molecule has 0 spiro atoms. The molecule has 0 radical (unpaired) electrons. The first kappa shape index (κ1) is 10.8. The quantitative estimate of drug-likeness (QED) is 0.753. The lowest BCUT2D eigenvalue weighted by atomic mass is 9.84. The molecule has 1 aliphatic rings. The Labute approximate surface area is 96.6 Å². The molecule has 15 heavy (non-hydrogen) atoms. The van der Waals surface area contributed by atoms with Gasteiger partial charge in [0, 0.05) is 10.7 Å². The van der Waals surface area contributed by atoms with E-state index in [1.807, 2.05) is 12.1 Å². The number of nitrogens with two attached hydrogens (primary N) is 1. The fourth-order valence-electron chi connectivity index (χ4n) is 2.45. The largest absolute Gasteiger partial charge is 0.398 e. The van der Waals surface area contributed by atoms with Gasteiger partial charge in [-0.1, -0.05) is 49.8 Å². The topological polar surface area (TPSA) is 26.0 Å². The molecule has 1 saturated carbocycles. The second-order valence-corrected chi connectivity index (χ2v) is 4.99. The zero-order valence-electron chi connectivity index (χ0n) is 9.01. The first-order valence-corrected chi connectivity index (χ1v) is 6.17. The van der Waals surface area contributed by atoms with Crippen LogP contribution in [-0.4, -0.2) is 0 Å². The molecular formula is C13H18ClN. The van der Waals surface area contributed by atoms with Crippen LogP contribution >= 0.6 is 11.6 Å². The maximum Gasteiger partial charge on any atom is 0.0426 e. The Morgan fingerprint density at radius 3 is 2.60 bits per heavy atom. The molecule has 2 rings (SSSR count). The van der Waals surface area contributed by atoms with Crippen LogP contribution < -0.4 is 5.73 Å². The molecule has 0 aliphatic heterocycles. The van der Waals surface area contributed by atoms with Crippen LogP contribution in [0.2, 0.25) is 5.02 Å². The fourth-order valence-corrected chi connectivity index (χ4v) is 2.63. The molecule has 1 aliphatic carbocycles. The number of rotatable bonds is 2. The number of nitrogen functional groups attached to an aromatic ring is 1. The highest BCUT2D eigenvalue weighted by atomic mass is 35.5. The molecule has 1 nitrogen and oxygen atoms in total. The highest BCUT2D eigenvalue weighted by Gasteiger charge is 2.14. The van der Waals surface area contributed by atoms with Crippen molar-refractivity contribution in [3.63, 3.8) is 0 Å². The molecule has 2 N–H and O–H groups in total. The minimum absolute atomic E-state index is 0.736. The van der Waals surface area contributed by atoms with Crippen LogP contribution in [-0.2, 0) is 6.42 Å². The van der Waals surface area contributed by atoms with Crippen molar-refractivity contribution in [1.29, 1.82) is 0 Å². The lowest BCUT2D eigenvalue weighted by Gasteiger charge is -2.22. The van der Waals surface area contributed by atoms with Crippen molar-refractivity contribution in [2.75, 3.05) is 5.73 Å². The SMILES string of the molecule is Nc1cc(Cl)ccc1CC1CCCCC1. The van der Waals surface area contributed by atoms with Crippen LogP contribution in [0.5, 0.6) is 0 Å². The molecule has 2 heteroatoms. The number of hydrogen-bond donors (Lipinski definition) is 1. The summed E-state index contributed by atoms with van der Waals surface area (Å²) in [6.45, 7) is 0. The Morgan fingerprint density at radius 1 is 1.20 bits per heavy atom. The zero-order chi connectivity index (χ0) is 10.7. The van der Waals surface area contributed by atoms with Gasteiger partial charge in [-0.3, -0.25) is 0 Å². The van der Waals surface area contributed by atoms with E-state index in [1.165, 1.54) is 37.7 Å². The third-order valence-electron chi connectivity index (χ3n) is 3.34. The monoisotopic (exact) mass is 223 g/mol. The molecule has 0 saturated heterocycles. The summed E-state index contributed by atoms with van der Waals surface area (Å²) in [4.78, 5) is 0. The average molecular weight is 224 g/mol. The molecule has 1 fully saturated rings. The molecule has 0 amide bonds. The van der Waals surface area contributed by atoms with Crippen molar-refractivity contribution in [2.24, 2.45) is 5.92 Å². The van der Waals surface area contributed by atoms with Gasteiger partial charge >= 0.3 is 0 Å². The summed E-state index contributed by atoms with van der Waals surface area (Å²) >= 11 is 5.88. The third kappa shape index (κ3) is 2.88. The standard InChI is InChI=1S/C13H18ClN/c14-12-7-6-11(13(15)9-12)8-10-4-2-1-3-5-10/h6-7,9-10H,1-5,8,15H2. The Hall–Kier alpha value is -0.690. The molecular weight excluding hydrogens is 206 g/mol. The summed E-state index contributed by atoms with van der Waals surface area (Å²) < 4.78 is 0. The van der Waals surface area contributed by atoms with E-state index in [0.717, 1.165) is 23.0 Å². The maximum atomic E-state index is 5.95. The first-order valence-electron chi connectivity index (χ1n) is 5.79. The average Bonchev–Trinajstić information content (AvgIpc) is 2.24. The molecule has 0 unspecified atom stereocenters. The lowest BCUT2D eigenvalue weighted by molar-refractivity contribution is 0.357. The normalized spacial score (nSPS) is 17.9. The van der Waals surface area contributed by atoms with Crippen molar-refractivity contribution in [2.45, 2.75) is 38.5 Å². The van der Waals surface area contributed by atoms with Gasteiger partial charge in [0.2, 0.25) is 0 Å². The van der Waals surface area contributed by atoms with E-state index in [-0.39, 0.29) is 0 Å². The maximum absolute atomic E-state index is 5.95. The van der Waals surface area contributed by atoms with Crippen molar-refractivity contribution in [1.82, 2.24) is 0 Å². The van der Waals surface area contributed by atoms with Gasteiger partial charge in [-0.05, 0) is 30.0 Å². The van der Waals surface area contributed by atoms with Gasteiger partial charge in [0.15, 0.2) is 0 Å². The van der Waals surface area contributed by atoms with Crippen LogP contribution in [0.25, 0.3) is 0 Å². The number of benzene rings is 1. The van der Waals surface area contributed by atoms with Crippen LogP contribution in [0.4, 0.5) is 5.69 Å². The van der Waals surface area contributed by atoms with Crippen LogP contribution in [0.1, 0.15) is 37.7 Å². The number of anilines is 1. The molecule has 1 aromatic rings. The van der Waals surface area contributed by atoms with E-state index >= 15 is 0 Å². The van der Waals surface area contributed by atoms with Crippen LogP contribution in [0, 0.1) is 5.92 Å². The van der Waals surface area contributed by atoms with Gasteiger partial charge in [-0.25, -0.2) is 0 Å². The van der Waals surface area contributed by atoms with Crippen LogP contribution in [0.15, 0.2) is 18.2 Å². The number of halogens is 1. The molecule has 0 heterocycles. The van der Waals surface area contributed by atoms with Gasteiger partial charge in [-0.2, -0.15) is 0 Å². The lowest BCUT2D eigenvalue weighted by Crippen LogP contribution is -2.10. The van der Waals surface area contributed by atoms with Gasteiger partial charge in [-0.15, -0.1) is 0 Å². The van der Waals surface area contributed by atoms with Gasteiger partial charge < -0.3 is 5.73 Å². The predicted octanol–water partition coefficient (Wildman–Crippen LogP) is 4.05.